The molecular formula is C24H24N2O4. The van der Waals surface area contributed by atoms with Crippen molar-refractivity contribution in [2.75, 3.05) is 24.4 Å². The molecule has 3 rings (SSSR count). The number of hydrogen-bond donors (Lipinski definition) is 2. The molecule has 0 heterocycles. The summed E-state index contributed by atoms with van der Waals surface area (Å²) in [5.74, 6) is 0.106. The van der Waals surface area contributed by atoms with Crippen LogP contribution in [0.15, 0.2) is 78.9 Å². The molecule has 0 aliphatic rings. The van der Waals surface area contributed by atoms with E-state index in [1.54, 1.807) is 55.6 Å². The van der Waals surface area contributed by atoms with Gasteiger partial charge in [0, 0.05) is 11.8 Å². The van der Waals surface area contributed by atoms with Crippen LogP contribution < -0.4 is 15.4 Å². The lowest BCUT2D eigenvalue weighted by atomic mass is 10.1. The maximum atomic E-state index is 12.7. The van der Waals surface area contributed by atoms with Crippen molar-refractivity contribution in [2.24, 2.45) is 0 Å². The Morgan fingerprint density at radius 2 is 1.63 bits per heavy atom. The summed E-state index contributed by atoms with van der Waals surface area (Å²) in [6, 6.07) is 23.7. The van der Waals surface area contributed by atoms with Crippen LogP contribution in [0.5, 0.6) is 5.75 Å². The van der Waals surface area contributed by atoms with Crippen molar-refractivity contribution in [3.63, 3.8) is 0 Å². The lowest BCUT2D eigenvalue weighted by molar-refractivity contribution is -0.117. The highest BCUT2D eigenvalue weighted by Gasteiger charge is 2.13. The quantitative estimate of drug-likeness (QED) is 0.515. The molecule has 3 aromatic carbocycles. The molecule has 0 fully saturated rings. The van der Waals surface area contributed by atoms with Gasteiger partial charge in [-0.2, -0.15) is 0 Å². The zero-order chi connectivity index (χ0) is 21.2. The molecule has 0 aromatic heterocycles. The highest BCUT2D eigenvalue weighted by molar-refractivity contribution is 6.10. The SMILES string of the molecule is COc1cccc(NC(=O)c2ccccc2NC(=O)CCOCc2ccccc2)c1. The van der Waals surface area contributed by atoms with Gasteiger partial charge < -0.3 is 20.1 Å². The van der Waals surface area contributed by atoms with Gasteiger partial charge in [-0.3, -0.25) is 9.59 Å². The number of benzene rings is 3. The molecule has 0 atom stereocenters. The number of ether oxygens (including phenoxy) is 2. The highest BCUT2D eigenvalue weighted by Crippen LogP contribution is 2.20. The zero-order valence-corrected chi connectivity index (χ0v) is 16.8. The highest BCUT2D eigenvalue weighted by atomic mass is 16.5. The van der Waals surface area contributed by atoms with Crippen LogP contribution in [0, 0.1) is 0 Å². The molecule has 0 saturated heterocycles. The molecule has 2 amide bonds. The van der Waals surface area contributed by atoms with Gasteiger partial charge in [-0.05, 0) is 29.8 Å². The van der Waals surface area contributed by atoms with Crippen molar-refractivity contribution in [1.29, 1.82) is 0 Å². The number of carbonyl (C=O) groups is 2. The molecule has 6 heteroatoms. The number of nitrogens with one attached hydrogen (secondary N) is 2. The molecule has 0 radical (unpaired) electrons. The number of rotatable bonds is 9. The minimum Gasteiger partial charge on any atom is -0.497 e. The molecule has 2 N–H and O–H groups in total. The molecule has 0 saturated carbocycles. The summed E-state index contributed by atoms with van der Waals surface area (Å²) in [7, 11) is 1.56. The third-order valence-corrected chi connectivity index (χ3v) is 4.36. The Bertz CT molecular complexity index is 989. The van der Waals surface area contributed by atoms with Crippen LogP contribution in [0.2, 0.25) is 0 Å². The third kappa shape index (κ3) is 6.18. The average Bonchev–Trinajstić information content (AvgIpc) is 2.78. The largest absolute Gasteiger partial charge is 0.497 e. The molecule has 3 aromatic rings. The van der Waals surface area contributed by atoms with Gasteiger partial charge in [-0.15, -0.1) is 0 Å². The molecule has 0 aliphatic carbocycles. The van der Waals surface area contributed by atoms with E-state index >= 15 is 0 Å². The standard InChI is InChI=1S/C24H24N2O4/c1-29-20-11-7-10-19(16-20)25-24(28)21-12-5-6-13-22(21)26-23(27)14-15-30-17-18-8-3-2-4-9-18/h2-13,16H,14-15,17H2,1H3,(H,25,28)(H,26,27). The summed E-state index contributed by atoms with van der Waals surface area (Å²) in [4.78, 5) is 25.0. The van der Waals surface area contributed by atoms with E-state index in [1.165, 1.54) is 0 Å². The number of hydrogen-bond acceptors (Lipinski definition) is 4. The second-order valence-corrected chi connectivity index (χ2v) is 6.57. The predicted molar refractivity (Wildman–Crippen MR) is 117 cm³/mol. The second-order valence-electron chi connectivity index (χ2n) is 6.57. The maximum Gasteiger partial charge on any atom is 0.257 e. The molecule has 6 nitrogen and oxygen atoms in total. The second kappa shape index (κ2) is 10.8. The Hall–Kier alpha value is -3.64. The summed E-state index contributed by atoms with van der Waals surface area (Å²) in [5.41, 5.74) is 2.48. The summed E-state index contributed by atoms with van der Waals surface area (Å²) >= 11 is 0. The Kier molecular flexibility index (Phi) is 7.58. The first-order valence-corrected chi connectivity index (χ1v) is 9.61. The number of para-hydroxylation sites is 1. The van der Waals surface area contributed by atoms with Gasteiger partial charge in [0.2, 0.25) is 5.91 Å². The molecule has 0 spiro atoms. The lowest BCUT2D eigenvalue weighted by Gasteiger charge is -2.12. The number of carbonyl (C=O) groups excluding carboxylic acids is 2. The minimum atomic E-state index is -0.320. The Balaban J connectivity index is 1.54. The maximum absolute atomic E-state index is 12.7. The molecule has 30 heavy (non-hydrogen) atoms. The molecule has 0 unspecified atom stereocenters. The number of methoxy groups -OCH3 is 1. The fraction of sp³-hybridized carbons (Fsp3) is 0.167. The first-order chi connectivity index (χ1) is 14.7. The van der Waals surface area contributed by atoms with Crippen molar-refractivity contribution in [1.82, 2.24) is 0 Å². The Morgan fingerprint density at radius 3 is 2.43 bits per heavy atom. The van der Waals surface area contributed by atoms with Gasteiger partial charge in [0.1, 0.15) is 5.75 Å². The van der Waals surface area contributed by atoms with Crippen LogP contribution in [0.1, 0.15) is 22.3 Å². The monoisotopic (exact) mass is 404 g/mol. The van der Waals surface area contributed by atoms with Crippen molar-refractivity contribution in [3.05, 3.63) is 90.0 Å². The van der Waals surface area contributed by atoms with Crippen molar-refractivity contribution in [3.8, 4) is 5.75 Å². The van der Waals surface area contributed by atoms with Crippen LogP contribution in [-0.2, 0) is 16.1 Å². The average molecular weight is 404 g/mol. The zero-order valence-electron chi connectivity index (χ0n) is 16.8. The van der Waals surface area contributed by atoms with E-state index in [-0.39, 0.29) is 18.2 Å². The smallest absolute Gasteiger partial charge is 0.257 e. The van der Waals surface area contributed by atoms with Crippen molar-refractivity contribution < 1.29 is 19.1 Å². The van der Waals surface area contributed by atoms with E-state index in [9.17, 15) is 9.59 Å². The van der Waals surface area contributed by atoms with Crippen LogP contribution in [0.3, 0.4) is 0 Å². The van der Waals surface area contributed by atoms with E-state index in [0.29, 0.717) is 35.9 Å². The van der Waals surface area contributed by atoms with Gasteiger partial charge in [-0.25, -0.2) is 0 Å². The topological polar surface area (TPSA) is 76.7 Å². The lowest BCUT2D eigenvalue weighted by Crippen LogP contribution is -2.19. The normalized spacial score (nSPS) is 10.3. The summed E-state index contributed by atoms with van der Waals surface area (Å²) in [5, 5.41) is 5.62. The van der Waals surface area contributed by atoms with E-state index in [0.717, 1.165) is 5.56 Å². The molecule has 154 valence electrons. The van der Waals surface area contributed by atoms with E-state index < -0.39 is 0 Å². The summed E-state index contributed by atoms with van der Waals surface area (Å²) < 4.78 is 10.7. The van der Waals surface area contributed by atoms with Gasteiger partial charge in [0.05, 0.1) is 38.0 Å². The predicted octanol–water partition coefficient (Wildman–Crippen LogP) is 4.49. The third-order valence-electron chi connectivity index (χ3n) is 4.36. The van der Waals surface area contributed by atoms with Gasteiger partial charge in [-0.1, -0.05) is 48.5 Å². The summed E-state index contributed by atoms with van der Waals surface area (Å²) in [6.07, 6.45) is 0.193. The van der Waals surface area contributed by atoms with Gasteiger partial charge >= 0.3 is 0 Å². The van der Waals surface area contributed by atoms with Crippen LogP contribution in [0.25, 0.3) is 0 Å². The molecular weight excluding hydrogens is 380 g/mol. The van der Waals surface area contributed by atoms with E-state index in [2.05, 4.69) is 10.6 Å². The van der Waals surface area contributed by atoms with E-state index in [1.807, 2.05) is 30.3 Å². The fourth-order valence-electron chi connectivity index (χ4n) is 2.83. The molecule has 0 bridgehead atoms. The summed E-state index contributed by atoms with van der Waals surface area (Å²) in [6.45, 7) is 0.743. The fourth-order valence-corrected chi connectivity index (χ4v) is 2.83. The number of amides is 2. The van der Waals surface area contributed by atoms with Crippen LogP contribution in [0.4, 0.5) is 11.4 Å². The van der Waals surface area contributed by atoms with Crippen LogP contribution in [-0.4, -0.2) is 25.5 Å². The van der Waals surface area contributed by atoms with Crippen molar-refractivity contribution >= 4 is 23.2 Å². The van der Waals surface area contributed by atoms with Crippen LogP contribution >= 0.6 is 0 Å². The first kappa shape index (κ1) is 21.1. The Morgan fingerprint density at radius 1 is 0.867 bits per heavy atom. The van der Waals surface area contributed by atoms with Gasteiger partial charge in [0.25, 0.3) is 5.91 Å². The first-order valence-electron chi connectivity index (χ1n) is 9.61. The number of anilines is 2. The van der Waals surface area contributed by atoms with E-state index in [4.69, 9.17) is 9.47 Å². The van der Waals surface area contributed by atoms with Gasteiger partial charge in [0.15, 0.2) is 0 Å². The molecule has 0 aliphatic heterocycles. The minimum absolute atomic E-state index is 0.193. The van der Waals surface area contributed by atoms with Crippen molar-refractivity contribution in [2.45, 2.75) is 13.0 Å². The Labute approximate surface area is 175 Å².